The van der Waals surface area contributed by atoms with Crippen molar-refractivity contribution < 1.29 is 4.39 Å². The van der Waals surface area contributed by atoms with Gasteiger partial charge < -0.3 is 11.1 Å². The topological polar surface area (TPSA) is 50.9 Å². The highest BCUT2D eigenvalue weighted by Crippen LogP contribution is 2.29. The average molecular weight is 286 g/mol. The first-order chi connectivity index (χ1) is 8.47. The van der Waals surface area contributed by atoms with Crippen LogP contribution in [0.25, 0.3) is 0 Å². The predicted octanol–water partition coefficient (Wildman–Crippen LogP) is 4.16. The molecular formula is C12H10Cl2FN3. The van der Waals surface area contributed by atoms with Crippen LogP contribution in [0.15, 0.2) is 24.4 Å². The molecule has 1 aromatic carbocycles. The van der Waals surface area contributed by atoms with E-state index < -0.39 is 5.82 Å². The van der Waals surface area contributed by atoms with E-state index in [2.05, 4.69) is 10.3 Å². The largest absolute Gasteiger partial charge is 0.397 e. The summed E-state index contributed by atoms with van der Waals surface area (Å²) in [4.78, 5) is 4.14. The van der Waals surface area contributed by atoms with Gasteiger partial charge in [0.05, 0.1) is 21.9 Å². The monoisotopic (exact) mass is 285 g/mol. The zero-order valence-corrected chi connectivity index (χ0v) is 11.0. The molecule has 0 aliphatic carbocycles. The van der Waals surface area contributed by atoms with Crippen molar-refractivity contribution in [2.45, 2.75) is 6.92 Å². The highest BCUT2D eigenvalue weighted by atomic mass is 35.5. The summed E-state index contributed by atoms with van der Waals surface area (Å²) in [5.41, 5.74) is 7.61. The second-order valence-electron chi connectivity index (χ2n) is 3.81. The van der Waals surface area contributed by atoms with Crippen molar-refractivity contribution in [1.29, 1.82) is 0 Å². The van der Waals surface area contributed by atoms with Crippen LogP contribution in [-0.2, 0) is 0 Å². The molecule has 0 fully saturated rings. The van der Waals surface area contributed by atoms with Gasteiger partial charge in [0, 0.05) is 5.69 Å². The molecule has 2 aromatic rings. The highest BCUT2D eigenvalue weighted by molar-refractivity contribution is 6.35. The summed E-state index contributed by atoms with van der Waals surface area (Å²) < 4.78 is 13.3. The van der Waals surface area contributed by atoms with Gasteiger partial charge in [-0.3, -0.25) is 0 Å². The van der Waals surface area contributed by atoms with Crippen LogP contribution in [-0.4, -0.2) is 4.98 Å². The van der Waals surface area contributed by atoms with E-state index in [-0.39, 0.29) is 10.0 Å². The number of hydrogen-bond acceptors (Lipinski definition) is 3. The number of rotatable bonds is 2. The van der Waals surface area contributed by atoms with Crippen molar-refractivity contribution >= 4 is 40.4 Å². The minimum absolute atomic E-state index is 0.0434. The lowest BCUT2D eigenvalue weighted by atomic mass is 10.2. The van der Waals surface area contributed by atoms with Crippen molar-refractivity contribution in [2.75, 3.05) is 11.1 Å². The number of pyridine rings is 1. The minimum atomic E-state index is -0.633. The van der Waals surface area contributed by atoms with E-state index in [1.165, 1.54) is 18.3 Å². The number of anilines is 3. The first-order valence-corrected chi connectivity index (χ1v) is 5.86. The molecule has 6 heteroatoms. The number of aryl methyl sites for hydroxylation is 1. The second kappa shape index (κ2) is 5.00. The maximum atomic E-state index is 13.3. The zero-order valence-electron chi connectivity index (χ0n) is 9.47. The van der Waals surface area contributed by atoms with E-state index in [4.69, 9.17) is 28.9 Å². The van der Waals surface area contributed by atoms with Crippen LogP contribution >= 0.6 is 23.2 Å². The molecule has 0 aliphatic rings. The van der Waals surface area contributed by atoms with Gasteiger partial charge in [-0.1, -0.05) is 23.2 Å². The molecule has 0 saturated carbocycles. The van der Waals surface area contributed by atoms with Gasteiger partial charge in [0.15, 0.2) is 5.82 Å². The molecule has 0 atom stereocenters. The molecular weight excluding hydrogens is 276 g/mol. The Balaban J connectivity index is 2.34. The fraction of sp³-hybridized carbons (Fsp3) is 0.0833. The van der Waals surface area contributed by atoms with E-state index in [1.807, 2.05) is 6.92 Å². The molecule has 0 spiro atoms. The summed E-state index contributed by atoms with van der Waals surface area (Å²) in [7, 11) is 0. The summed E-state index contributed by atoms with van der Waals surface area (Å²) in [6, 6.07) is 4.67. The lowest BCUT2D eigenvalue weighted by molar-refractivity contribution is 0.629. The maximum absolute atomic E-state index is 13.3. The van der Waals surface area contributed by atoms with E-state index in [1.54, 1.807) is 6.07 Å². The molecule has 2 rings (SSSR count). The van der Waals surface area contributed by atoms with Gasteiger partial charge in [-0.2, -0.15) is 0 Å². The smallest absolute Gasteiger partial charge is 0.160 e. The molecule has 1 aromatic heterocycles. The summed E-state index contributed by atoms with van der Waals surface area (Å²) in [6.07, 6.45) is 1.53. The Morgan fingerprint density at radius 1 is 1.22 bits per heavy atom. The fourth-order valence-electron chi connectivity index (χ4n) is 1.49. The second-order valence-corrected chi connectivity index (χ2v) is 4.63. The fourth-order valence-corrected chi connectivity index (χ4v) is 1.98. The Morgan fingerprint density at radius 2 is 1.83 bits per heavy atom. The van der Waals surface area contributed by atoms with Gasteiger partial charge in [0.25, 0.3) is 0 Å². The average Bonchev–Trinajstić information content (AvgIpc) is 2.29. The number of halogens is 3. The molecule has 0 radical (unpaired) electrons. The Bertz CT molecular complexity index is 579. The number of hydrogen-bond donors (Lipinski definition) is 2. The molecule has 3 nitrogen and oxygen atoms in total. The van der Waals surface area contributed by atoms with Crippen molar-refractivity contribution in [1.82, 2.24) is 4.98 Å². The van der Waals surface area contributed by atoms with Crippen molar-refractivity contribution in [3.63, 3.8) is 0 Å². The van der Waals surface area contributed by atoms with Gasteiger partial charge in [-0.15, -0.1) is 0 Å². The predicted molar refractivity (Wildman–Crippen MR) is 73.1 cm³/mol. The molecule has 0 aliphatic heterocycles. The lowest BCUT2D eigenvalue weighted by Crippen LogP contribution is -1.98. The minimum Gasteiger partial charge on any atom is -0.397 e. The van der Waals surface area contributed by atoms with Gasteiger partial charge in [-0.25, -0.2) is 9.37 Å². The van der Waals surface area contributed by atoms with Crippen LogP contribution in [0.2, 0.25) is 10.0 Å². The summed E-state index contributed by atoms with van der Waals surface area (Å²) in [5, 5.41) is 2.92. The van der Waals surface area contributed by atoms with Crippen molar-refractivity contribution in [2.24, 2.45) is 0 Å². The molecule has 0 bridgehead atoms. The summed E-state index contributed by atoms with van der Waals surface area (Å²) in [5.74, 6) is -0.0196. The van der Waals surface area contributed by atoms with Gasteiger partial charge in [-0.05, 0) is 30.7 Å². The van der Waals surface area contributed by atoms with E-state index in [0.29, 0.717) is 17.2 Å². The highest BCUT2D eigenvalue weighted by Gasteiger charge is 2.09. The summed E-state index contributed by atoms with van der Waals surface area (Å²) in [6.45, 7) is 1.86. The number of benzene rings is 1. The number of aromatic nitrogens is 1. The quantitative estimate of drug-likeness (QED) is 0.815. The Morgan fingerprint density at radius 3 is 2.39 bits per heavy atom. The van der Waals surface area contributed by atoms with Crippen LogP contribution < -0.4 is 11.1 Å². The maximum Gasteiger partial charge on any atom is 0.160 e. The van der Waals surface area contributed by atoms with E-state index in [9.17, 15) is 4.39 Å². The van der Waals surface area contributed by atoms with Crippen LogP contribution in [0.5, 0.6) is 0 Å². The first kappa shape index (κ1) is 12.9. The number of nitrogens with zero attached hydrogens (tertiary/aromatic N) is 1. The Hall–Kier alpha value is -1.52. The van der Waals surface area contributed by atoms with Gasteiger partial charge in [0.1, 0.15) is 5.82 Å². The van der Waals surface area contributed by atoms with Crippen LogP contribution in [0.3, 0.4) is 0 Å². The molecule has 94 valence electrons. The normalized spacial score (nSPS) is 10.4. The third kappa shape index (κ3) is 2.66. The summed E-state index contributed by atoms with van der Waals surface area (Å²) >= 11 is 11.4. The zero-order chi connectivity index (χ0) is 13.3. The van der Waals surface area contributed by atoms with Crippen molar-refractivity contribution in [3.8, 4) is 0 Å². The third-order valence-corrected chi connectivity index (χ3v) is 2.90. The van der Waals surface area contributed by atoms with Crippen LogP contribution in [0, 0.1) is 12.7 Å². The van der Waals surface area contributed by atoms with E-state index in [0.717, 1.165) is 5.56 Å². The van der Waals surface area contributed by atoms with E-state index >= 15 is 0 Å². The van der Waals surface area contributed by atoms with Crippen LogP contribution in [0.4, 0.5) is 21.6 Å². The number of nitrogens with two attached hydrogens (primary N) is 1. The standard InChI is InChI=1S/C12H10Cl2FN3/c1-6-2-7(16)5-17-12(6)18-8-3-9(13)11(15)10(14)4-8/h2-5H,16H2,1H3,(H,17,18). The Labute approximate surface area is 114 Å². The molecule has 18 heavy (non-hydrogen) atoms. The third-order valence-electron chi connectivity index (χ3n) is 2.35. The first-order valence-electron chi connectivity index (χ1n) is 5.11. The van der Waals surface area contributed by atoms with Crippen LogP contribution in [0.1, 0.15) is 5.56 Å². The number of nitrogens with one attached hydrogen (secondary N) is 1. The number of nitrogen functional groups attached to an aromatic ring is 1. The molecule has 0 amide bonds. The van der Waals surface area contributed by atoms with Crippen molar-refractivity contribution in [3.05, 3.63) is 45.8 Å². The molecule has 3 N–H and O–H groups in total. The Kier molecular flexibility index (Phi) is 3.59. The molecule has 0 unspecified atom stereocenters. The lowest BCUT2D eigenvalue weighted by Gasteiger charge is -2.10. The van der Waals surface area contributed by atoms with Gasteiger partial charge in [0.2, 0.25) is 0 Å². The molecule has 1 heterocycles. The van der Waals surface area contributed by atoms with Gasteiger partial charge >= 0.3 is 0 Å². The molecule has 0 saturated heterocycles. The SMILES string of the molecule is Cc1cc(N)cnc1Nc1cc(Cl)c(F)c(Cl)c1.